The second-order valence-electron chi connectivity index (χ2n) is 6.60. The highest BCUT2D eigenvalue weighted by Crippen LogP contribution is 2.36. The molecule has 0 spiro atoms. The Morgan fingerprint density at radius 2 is 1.89 bits per heavy atom. The van der Waals surface area contributed by atoms with Crippen LogP contribution in [0.4, 0.5) is 11.4 Å². The van der Waals surface area contributed by atoms with E-state index in [1.54, 1.807) is 30.3 Å². The van der Waals surface area contributed by atoms with Crippen LogP contribution in [0.15, 0.2) is 47.4 Å². The molecule has 1 heterocycles. The number of ether oxygens (including phenoxy) is 1. The van der Waals surface area contributed by atoms with Gasteiger partial charge in [-0.25, -0.2) is 8.42 Å². The largest absolute Gasteiger partial charge is 0.490 e. The van der Waals surface area contributed by atoms with Gasteiger partial charge in [0.1, 0.15) is 22.4 Å². The Morgan fingerprint density at radius 3 is 2.50 bits per heavy atom. The normalized spacial score (nSPS) is 15.1. The van der Waals surface area contributed by atoms with Gasteiger partial charge in [0.25, 0.3) is 0 Å². The van der Waals surface area contributed by atoms with E-state index < -0.39 is 14.8 Å². The van der Waals surface area contributed by atoms with Crippen molar-refractivity contribution in [2.24, 2.45) is 0 Å². The maximum absolute atomic E-state index is 11.9. The van der Waals surface area contributed by atoms with Gasteiger partial charge in [0.15, 0.2) is 9.84 Å². The maximum Gasteiger partial charge on any atom is 0.311 e. The summed E-state index contributed by atoms with van der Waals surface area (Å²) in [6.45, 7) is 0.993. The molecule has 8 nitrogen and oxygen atoms in total. The highest BCUT2D eigenvalue weighted by molar-refractivity contribution is 7.90. The molecule has 9 heteroatoms. The van der Waals surface area contributed by atoms with Crippen LogP contribution in [-0.2, 0) is 9.84 Å². The summed E-state index contributed by atoms with van der Waals surface area (Å²) in [5, 5.41) is 20.5. The van der Waals surface area contributed by atoms with Crippen molar-refractivity contribution in [3.63, 3.8) is 0 Å². The third kappa shape index (κ3) is 4.23. The molecule has 0 bridgehead atoms. The van der Waals surface area contributed by atoms with Gasteiger partial charge in [-0.05, 0) is 30.3 Å². The highest BCUT2D eigenvalue weighted by Gasteiger charge is 2.31. The molecule has 0 aliphatic carbocycles. The first-order chi connectivity index (χ1) is 13.3. The Hall–Kier alpha value is -3.12. The lowest BCUT2D eigenvalue weighted by Gasteiger charge is -2.33. The number of nitrogens with zero attached hydrogens (tertiary/aromatic N) is 3. The fourth-order valence-corrected chi connectivity index (χ4v) is 4.15. The molecule has 1 aliphatic rings. The first kappa shape index (κ1) is 19.6. The summed E-state index contributed by atoms with van der Waals surface area (Å²) in [4.78, 5) is 12.5. The van der Waals surface area contributed by atoms with E-state index in [9.17, 15) is 18.5 Å². The van der Waals surface area contributed by atoms with Gasteiger partial charge in [-0.1, -0.05) is 12.1 Å². The summed E-state index contributed by atoms with van der Waals surface area (Å²) in [7, 11) is -3.72. The Balaban J connectivity index is 1.76. The summed E-state index contributed by atoms with van der Waals surface area (Å²) in [6, 6.07) is 13.3. The molecule has 0 atom stereocenters. The lowest BCUT2D eigenvalue weighted by atomic mass is 10.1. The third-order valence-electron chi connectivity index (χ3n) is 4.61. The van der Waals surface area contributed by atoms with Crippen LogP contribution in [0, 0.1) is 21.4 Å². The quantitative estimate of drug-likeness (QED) is 0.559. The number of nitriles is 1. The zero-order valence-corrected chi connectivity index (χ0v) is 16.1. The van der Waals surface area contributed by atoms with Gasteiger partial charge in [-0.3, -0.25) is 10.1 Å². The van der Waals surface area contributed by atoms with Crippen LogP contribution >= 0.6 is 0 Å². The van der Waals surface area contributed by atoms with E-state index in [0.717, 1.165) is 6.26 Å². The molecule has 28 heavy (non-hydrogen) atoms. The Morgan fingerprint density at radius 1 is 1.21 bits per heavy atom. The summed E-state index contributed by atoms with van der Waals surface area (Å²) in [5.74, 6) is 0.613. The number of anilines is 1. The number of piperidine rings is 1. The zero-order valence-electron chi connectivity index (χ0n) is 15.2. The second-order valence-corrected chi connectivity index (χ2v) is 8.58. The van der Waals surface area contributed by atoms with Crippen molar-refractivity contribution in [3.05, 3.63) is 58.1 Å². The molecule has 146 valence electrons. The van der Waals surface area contributed by atoms with Gasteiger partial charge in [-0.2, -0.15) is 5.26 Å². The topological polar surface area (TPSA) is 114 Å². The first-order valence-corrected chi connectivity index (χ1v) is 10.6. The highest BCUT2D eigenvalue weighted by atomic mass is 32.2. The average Bonchev–Trinajstić information content (AvgIpc) is 2.67. The van der Waals surface area contributed by atoms with Crippen molar-refractivity contribution in [3.8, 4) is 11.8 Å². The number of nitro benzene ring substituents is 1. The van der Waals surface area contributed by atoms with E-state index in [1.807, 2.05) is 4.90 Å². The van der Waals surface area contributed by atoms with E-state index in [-0.39, 0.29) is 16.7 Å². The average molecular weight is 401 g/mol. The van der Waals surface area contributed by atoms with Crippen LogP contribution in [0.2, 0.25) is 0 Å². The number of rotatable bonds is 5. The predicted octanol–water partition coefficient (Wildman–Crippen LogP) is 2.92. The van der Waals surface area contributed by atoms with Crippen LogP contribution in [0.1, 0.15) is 18.4 Å². The molecular formula is C19H19N3O5S. The molecule has 0 unspecified atom stereocenters. The minimum absolute atomic E-state index is 0.0812. The van der Waals surface area contributed by atoms with E-state index in [4.69, 9.17) is 10.00 Å². The van der Waals surface area contributed by atoms with Crippen molar-refractivity contribution < 1.29 is 18.1 Å². The molecule has 2 aromatic rings. The van der Waals surface area contributed by atoms with Gasteiger partial charge in [-0.15, -0.1) is 0 Å². The first-order valence-electron chi connectivity index (χ1n) is 8.69. The SMILES string of the molecule is CS(=O)(=O)c1cccc(N2CCC(Oc3cccc(C#N)c3)CC2)c1[N+](=O)[O-]. The molecular weight excluding hydrogens is 382 g/mol. The fourth-order valence-electron chi connectivity index (χ4n) is 3.29. The Kier molecular flexibility index (Phi) is 5.51. The molecule has 1 aliphatic heterocycles. The van der Waals surface area contributed by atoms with E-state index in [1.165, 1.54) is 12.1 Å². The molecule has 0 aromatic heterocycles. The number of benzene rings is 2. The molecule has 1 saturated heterocycles. The minimum Gasteiger partial charge on any atom is -0.490 e. The van der Waals surface area contributed by atoms with E-state index in [0.29, 0.717) is 42.9 Å². The van der Waals surface area contributed by atoms with Crippen LogP contribution in [0.25, 0.3) is 0 Å². The fraction of sp³-hybridized carbons (Fsp3) is 0.316. The summed E-state index contributed by atoms with van der Waals surface area (Å²) in [5.41, 5.74) is 0.437. The van der Waals surface area contributed by atoms with Crippen LogP contribution < -0.4 is 9.64 Å². The van der Waals surface area contributed by atoms with Gasteiger partial charge in [0, 0.05) is 32.2 Å². The van der Waals surface area contributed by atoms with Gasteiger partial charge in [0.2, 0.25) is 0 Å². The van der Waals surface area contributed by atoms with Gasteiger partial charge in [0.05, 0.1) is 16.6 Å². The number of sulfone groups is 1. The van der Waals surface area contributed by atoms with Crippen molar-refractivity contribution in [2.45, 2.75) is 23.8 Å². The summed E-state index contributed by atoms with van der Waals surface area (Å²) < 4.78 is 29.8. The summed E-state index contributed by atoms with van der Waals surface area (Å²) in [6.07, 6.45) is 2.13. The second kappa shape index (κ2) is 7.86. The lowest BCUT2D eigenvalue weighted by Crippen LogP contribution is -2.38. The lowest BCUT2D eigenvalue weighted by molar-refractivity contribution is -0.387. The monoisotopic (exact) mass is 401 g/mol. The Labute approximate surface area is 163 Å². The van der Waals surface area contributed by atoms with E-state index in [2.05, 4.69) is 6.07 Å². The van der Waals surface area contributed by atoms with Crippen molar-refractivity contribution in [2.75, 3.05) is 24.2 Å². The van der Waals surface area contributed by atoms with Crippen LogP contribution in [0.5, 0.6) is 5.75 Å². The number of nitro groups is 1. The van der Waals surface area contributed by atoms with Crippen molar-refractivity contribution >= 4 is 21.2 Å². The molecule has 0 amide bonds. The molecule has 0 radical (unpaired) electrons. The molecule has 0 N–H and O–H groups in total. The zero-order chi connectivity index (χ0) is 20.3. The number of hydrogen-bond acceptors (Lipinski definition) is 7. The van der Waals surface area contributed by atoms with Crippen LogP contribution in [-0.4, -0.2) is 38.8 Å². The molecule has 1 fully saturated rings. The standard InChI is InChI=1S/C19H19N3O5S/c1-28(25,26)18-7-3-6-17(19(18)22(23)24)21-10-8-15(9-11-21)27-16-5-2-4-14(12-16)13-20/h2-7,12,15H,8-11H2,1H3. The van der Waals surface area contributed by atoms with E-state index >= 15 is 0 Å². The minimum atomic E-state index is -3.72. The molecule has 0 saturated carbocycles. The molecule has 3 rings (SSSR count). The maximum atomic E-state index is 11.9. The van der Waals surface area contributed by atoms with Gasteiger partial charge < -0.3 is 9.64 Å². The molecule has 2 aromatic carbocycles. The summed E-state index contributed by atoms with van der Waals surface area (Å²) >= 11 is 0. The number of hydrogen-bond donors (Lipinski definition) is 0. The third-order valence-corrected chi connectivity index (χ3v) is 5.74. The van der Waals surface area contributed by atoms with Crippen molar-refractivity contribution in [1.29, 1.82) is 5.26 Å². The van der Waals surface area contributed by atoms with Crippen LogP contribution in [0.3, 0.4) is 0 Å². The predicted molar refractivity (Wildman–Crippen MR) is 103 cm³/mol. The smallest absolute Gasteiger partial charge is 0.311 e. The Bertz CT molecular complexity index is 1040. The van der Waals surface area contributed by atoms with Crippen molar-refractivity contribution in [1.82, 2.24) is 0 Å². The van der Waals surface area contributed by atoms with Gasteiger partial charge >= 0.3 is 5.69 Å². The number of para-hydroxylation sites is 1.